The van der Waals surface area contributed by atoms with Crippen LogP contribution < -0.4 is 11.1 Å². The molecule has 3 rings (SSSR count). The molecule has 0 radical (unpaired) electrons. The molecule has 0 aliphatic heterocycles. The molecule has 0 saturated carbocycles. The Balaban J connectivity index is 1.41. The first kappa shape index (κ1) is 22.1. The van der Waals surface area contributed by atoms with Crippen LogP contribution in [0.4, 0.5) is 11.4 Å². The first-order chi connectivity index (χ1) is 15.2. The van der Waals surface area contributed by atoms with Gasteiger partial charge in [0.25, 0.3) is 0 Å². The highest BCUT2D eigenvalue weighted by Gasteiger charge is 2.08. The third-order valence-electron chi connectivity index (χ3n) is 5.23. The van der Waals surface area contributed by atoms with Crippen LogP contribution >= 0.6 is 0 Å². The zero-order valence-corrected chi connectivity index (χ0v) is 17.6. The molecular formula is C26H29N3O2. The Kier molecular flexibility index (Phi) is 8.23. The molecule has 160 valence electrons. The smallest absolute Gasteiger partial charge is 0.224 e. The minimum Gasteiger partial charge on any atom is -0.411 e. The normalized spacial score (nSPS) is 11.3. The molecule has 0 aliphatic carbocycles. The van der Waals surface area contributed by atoms with Gasteiger partial charge >= 0.3 is 0 Å². The molecule has 0 heterocycles. The first-order valence-electron chi connectivity index (χ1n) is 10.7. The van der Waals surface area contributed by atoms with Gasteiger partial charge in [0.15, 0.2) is 0 Å². The van der Waals surface area contributed by atoms with E-state index in [2.05, 4.69) is 34.7 Å². The second-order valence-corrected chi connectivity index (χ2v) is 7.54. The van der Waals surface area contributed by atoms with Gasteiger partial charge in [-0.15, -0.1) is 0 Å². The molecule has 0 fully saturated rings. The molecule has 0 atom stereocenters. The van der Waals surface area contributed by atoms with Crippen molar-refractivity contribution in [3.8, 4) is 11.1 Å². The summed E-state index contributed by atoms with van der Waals surface area (Å²) in [6.07, 6.45) is 4.80. The first-order valence-corrected chi connectivity index (χ1v) is 10.7. The second kappa shape index (κ2) is 11.6. The summed E-state index contributed by atoms with van der Waals surface area (Å²) >= 11 is 0. The zero-order valence-electron chi connectivity index (χ0n) is 17.6. The number of amides is 1. The third kappa shape index (κ3) is 6.71. The van der Waals surface area contributed by atoms with Crippen LogP contribution in [-0.2, 0) is 4.79 Å². The number of benzene rings is 3. The number of hydrogen-bond acceptors (Lipinski definition) is 4. The lowest BCUT2D eigenvalue weighted by Crippen LogP contribution is -2.12. The Bertz CT molecular complexity index is 1020. The molecule has 0 unspecified atom stereocenters. The fourth-order valence-electron chi connectivity index (χ4n) is 3.52. The maximum Gasteiger partial charge on any atom is 0.224 e. The van der Waals surface area contributed by atoms with Gasteiger partial charge in [-0.25, -0.2) is 0 Å². The van der Waals surface area contributed by atoms with Crippen LogP contribution in [0.3, 0.4) is 0 Å². The highest BCUT2D eigenvalue weighted by atomic mass is 16.4. The number of anilines is 2. The van der Waals surface area contributed by atoms with Crippen molar-refractivity contribution in [2.24, 2.45) is 5.16 Å². The molecule has 3 aromatic carbocycles. The van der Waals surface area contributed by atoms with Crippen molar-refractivity contribution in [3.63, 3.8) is 0 Å². The summed E-state index contributed by atoms with van der Waals surface area (Å²) in [6.45, 7) is 0. The monoisotopic (exact) mass is 415 g/mol. The molecule has 31 heavy (non-hydrogen) atoms. The summed E-state index contributed by atoms with van der Waals surface area (Å²) in [7, 11) is 0. The summed E-state index contributed by atoms with van der Waals surface area (Å²) in [5.74, 6) is -0.0202. The van der Waals surface area contributed by atoms with Gasteiger partial charge < -0.3 is 16.3 Å². The Morgan fingerprint density at radius 3 is 2.23 bits per heavy atom. The number of rotatable bonds is 10. The Labute approximate surface area is 183 Å². The SMILES string of the molecule is Nc1ccccc1NC(=O)CCCCCC/C(=N\O)c1cccc(-c2ccccc2)c1. The molecule has 3 aromatic rings. The van der Waals surface area contributed by atoms with Crippen molar-refractivity contribution in [1.82, 2.24) is 0 Å². The van der Waals surface area contributed by atoms with Crippen LogP contribution in [0.25, 0.3) is 11.1 Å². The maximum atomic E-state index is 12.1. The van der Waals surface area contributed by atoms with Crippen molar-refractivity contribution in [2.75, 3.05) is 11.1 Å². The van der Waals surface area contributed by atoms with E-state index >= 15 is 0 Å². The fraction of sp³-hybridized carbons (Fsp3) is 0.231. The van der Waals surface area contributed by atoms with Gasteiger partial charge in [-0.2, -0.15) is 0 Å². The minimum atomic E-state index is -0.0202. The van der Waals surface area contributed by atoms with Gasteiger partial charge in [0.1, 0.15) is 0 Å². The number of oxime groups is 1. The highest BCUT2D eigenvalue weighted by Crippen LogP contribution is 2.22. The van der Waals surface area contributed by atoms with Gasteiger partial charge in [0.2, 0.25) is 5.91 Å². The summed E-state index contributed by atoms with van der Waals surface area (Å²) in [5, 5.41) is 15.9. The van der Waals surface area contributed by atoms with Crippen LogP contribution in [0.15, 0.2) is 84.0 Å². The molecule has 0 spiro atoms. The second-order valence-electron chi connectivity index (χ2n) is 7.54. The van der Waals surface area contributed by atoms with Crippen molar-refractivity contribution < 1.29 is 10.0 Å². The summed E-state index contributed by atoms with van der Waals surface area (Å²) < 4.78 is 0. The van der Waals surface area contributed by atoms with Crippen molar-refractivity contribution in [2.45, 2.75) is 38.5 Å². The van der Waals surface area contributed by atoms with E-state index in [-0.39, 0.29) is 5.91 Å². The molecule has 4 N–H and O–H groups in total. The average Bonchev–Trinajstić information content (AvgIpc) is 2.81. The van der Waals surface area contributed by atoms with Gasteiger partial charge in [-0.3, -0.25) is 4.79 Å². The largest absolute Gasteiger partial charge is 0.411 e. The van der Waals surface area contributed by atoms with E-state index in [1.165, 1.54) is 0 Å². The topological polar surface area (TPSA) is 87.7 Å². The quantitative estimate of drug-likeness (QED) is 0.123. The molecule has 5 heteroatoms. The standard InChI is InChI=1S/C26H29N3O2/c27-23-15-8-9-17-25(23)28-26(30)18-7-2-1-6-16-24(29-31)22-14-10-13-21(19-22)20-11-4-3-5-12-20/h3-5,8-15,17,19,31H,1-2,6-7,16,18,27H2,(H,28,30)/b29-24+. The highest BCUT2D eigenvalue weighted by molar-refractivity contribution is 6.01. The number of para-hydroxylation sites is 2. The number of carbonyl (C=O) groups is 1. The van der Waals surface area contributed by atoms with E-state index in [1.54, 1.807) is 12.1 Å². The number of hydrogen-bond donors (Lipinski definition) is 3. The number of unbranched alkanes of at least 4 members (excludes halogenated alkanes) is 3. The molecule has 0 saturated heterocycles. The Morgan fingerprint density at radius 2 is 1.48 bits per heavy atom. The number of nitrogen functional groups attached to an aromatic ring is 1. The van der Waals surface area contributed by atoms with Crippen molar-refractivity contribution in [1.29, 1.82) is 0 Å². The van der Waals surface area contributed by atoms with Gasteiger partial charge in [-0.05, 0) is 54.2 Å². The predicted molar refractivity (Wildman–Crippen MR) is 127 cm³/mol. The average molecular weight is 416 g/mol. The lowest BCUT2D eigenvalue weighted by atomic mass is 9.98. The lowest BCUT2D eigenvalue weighted by Gasteiger charge is -2.09. The van der Waals surface area contributed by atoms with Crippen molar-refractivity contribution in [3.05, 3.63) is 84.4 Å². The molecule has 1 amide bonds. The van der Waals surface area contributed by atoms with Crippen LogP contribution in [-0.4, -0.2) is 16.8 Å². The van der Waals surface area contributed by atoms with Crippen molar-refractivity contribution >= 4 is 23.0 Å². The predicted octanol–water partition coefficient (Wildman–Crippen LogP) is 6.09. The number of carbonyl (C=O) groups excluding carboxylic acids is 1. The zero-order chi connectivity index (χ0) is 21.9. The number of nitrogens with two attached hydrogens (primary N) is 1. The van der Waals surface area contributed by atoms with Crippen LogP contribution in [0, 0.1) is 0 Å². The van der Waals surface area contributed by atoms with E-state index in [1.807, 2.05) is 42.5 Å². The molecule has 5 nitrogen and oxygen atoms in total. The number of nitrogens with zero attached hydrogens (tertiary/aromatic N) is 1. The third-order valence-corrected chi connectivity index (χ3v) is 5.23. The van der Waals surface area contributed by atoms with Crippen LogP contribution in [0.2, 0.25) is 0 Å². The fourth-order valence-corrected chi connectivity index (χ4v) is 3.52. The molecule has 0 aromatic heterocycles. The maximum absolute atomic E-state index is 12.1. The number of nitrogens with one attached hydrogen (secondary N) is 1. The summed E-state index contributed by atoms with van der Waals surface area (Å²) in [5.41, 5.74) is 10.9. The Hall–Kier alpha value is -3.60. The van der Waals surface area contributed by atoms with Gasteiger partial charge in [0.05, 0.1) is 17.1 Å². The minimum absolute atomic E-state index is 0.0202. The lowest BCUT2D eigenvalue weighted by molar-refractivity contribution is -0.116. The molecule has 0 bridgehead atoms. The van der Waals surface area contributed by atoms with Gasteiger partial charge in [0, 0.05) is 6.42 Å². The van der Waals surface area contributed by atoms with E-state index in [9.17, 15) is 10.0 Å². The van der Waals surface area contributed by atoms with E-state index in [0.717, 1.165) is 42.4 Å². The van der Waals surface area contributed by atoms with Gasteiger partial charge in [-0.1, -0.05) is 78.7 Å². The summed E-state index contributed by atoms with van der Waals surface area (Å²) in [6, 6.07) is 25.5. The van der Waals surface area contributed by atoms with E-state index in [0.29, 0.717) is 29.9 Å². The van der Waals surface area contributed by atoms with E-state index in [4.69, 9.17) is 5.73 Å². The van der Waals surface area contributed by atoms with Crippen LogP contribution in [0.5, 0.6) is 0 Å². The molecule has 0 aliphatic rings. The Morgan fingerprint density at radius 1 is 0.806 bits per heavy atom. The van der Waals surface area contributed by atoms with E-state index < -0.39 is 0 Å². The summed E-state index contributed by atoms with van der Waals surface area (Å²) in [4.78, 5) is 12.1. The molecular weight excluding hydrogens is 386 g/mol. The van der Waals surface area contributed by atoms with Crippen LogP contribution in [0.1, 0.15) is 44.1 Å².